The topological polar surface area (TPSA) is 102 Å². The highest BCUT2D eigenvalue weighted by atomic mass is 35.5. The van der Waals surface area contributed by atoms with Crippen molar-refractivity contribution in [3.05, 3.63) is 88.7 Å². The number of benzene rings is 2. The average Bonchev–Trinajstić information content (AvgIpc) is 3.42. The van der Waals surface area contributed by atoms with Crippen LogP contribution < -0.4 is 0 Å². The van der Waals surface area contributed by atoms with Gasteiger partial charge >= 0.3 is 6.16 Å². The highest BCUT2D eigenvalue weighted by molar-refractivity contribution is 6.31. The van der Waals surface area contributed by atoms with Crippen LogP contribution in [0.25, 0.3) is 22.8 Å². The number of carbonyl (C=O) groups is 1. The molecule has 0 amide bonds. The second kappa shape index (κ2) is 12.2. The quantitative estimate of drug-likeness (QED) is 0.220. The first-order chi connectivity index (χ1) is 19.3. The van der Waals surface area contributed by atoms with Crippen molar-refractivity contribution in [1.82, 2.24) is 20.0 Å². The molecule has 0 atom stereocenters. The summed E-state index contributed by atoms with van der Waals surface area (Å²) in [5, 5.41) is 14.3. The van der Waals surface area contributed by atoms with E-state index in [2.05, 4.69) is 46.0 Å². The van der Waals surface area contributed by atoms with E-state index < -0.39 is 11.8 Å². The molecule has 4 aromatic rings. The van der Waals surface area contributed by atoms with Crippen LogP contribution in [0.2, 0.25) is 5.02 Å². The molecule has 2 aromatic carbocycles. The van der Waals surface area contributed by atoms with Crippen LogP contribution in [0.1, 0.15) is 43.4 Å². The van der Waals surface area contributed by atoms with Crippen LogP contribution in [0.15, 0.2) is 71.5 Å². The normalized spacial score (nSPS) is 15.3. The number of ether oxygens (including phenoxy) is 1. The molecule has 0 aliphatic carbocycles. The zero-order valence-corrected chi connectivity index (χ0v) is 23.5. The van der Waals surface area contributed by atoms with Gasteiger partial charge in [0.15, 0.2) is 0 Å². The minimum atomic E-state index is -1.23. The fourth-order valence-electron chi connectivity index (χ4n) is 5.25. The summed E-state index contributed by atoms with van der Waals surface area (Å²) in [4.78, 5) is 22.5. The number of aromatic nitrogens is 3. The zero-order chi connectivity index (χ0) is 28.1. The van der Waals surface area contributed by atoms with Crippen LogP contribution in [0.5, 0.6) is 0 Å². The molecule has 208 valence electrons. The SMILES string of the molecule is CC(C)Cc1ccc(-c2nc(-c3ccc(CN4CCC(Cc5cccnc5)(OC(=O)O)CC4)cc3)no2)cc1Cl. The number of halogens is 1. The van der Waals surface area contributed by atoms with Crippen LogP contribution in [-0.4, -0.2) is 50.0 Å². The van der Waals surface area contributed by atoms with E-state index in [0.29, 0.717) is 41.9 Å². The van der Waals surface area contributed by atoms with Crippen LogP contribution in [0.4, 0.5) is 4.79 Å². The van der Waals surface area contributed by atoms with Gasteiger partial charge in [-0.25, -0.2) is 4.79 Å². The lowest BCUT2D eigenvalue weighted by atomic mass is 9.85. The molecule has 0 spiro atoms. The molecular formula is C31H33ClN4O4. The lowest BCUT2D eigenvalue weighted by molar-refractivity contribution is -0.0570. The monoisotopic (exact) mass is 560 g/mol. The summed E-state index contributed by atoms with van der Waals surface area (Å²) in [5.74, 6) is 1.48. The Morgan fingerprint density at radius 1 is 1.10 bits per heavy atom. The first-order valence-corrected chi connectivity index (χ1v) is 13.9. The van der Waals surface area contributed by atoms with Gasteiger partial charge in [0.05, 0.1) is 0 Å². The van der Waals surface area contributed by atoms with Gasteiger partial charge in [0.1, 0.15) is 5.60 Å². The van der Waals surface area contributed by atoms with Crippen molar-refractivity contribution in [2.45, 2.75) is 51.7 Å². The third-order valence-electron chi connectivity index (χ3n) is 7.29. The van der Waals surface area contributed by atoms with E-state index in [9.17, 15) is 9.90 Å². The smallest absolute Gasteiger partial charge is 0.450 e. The van der Waals surface area contributed by atoms with Crippen molar-refractivity contribution in [3.8, 4) is 22.8 Å². The Morgan fingerprint density at radius 2 is 1.85 bits per heavy atom. The molecule has 0 radical (unpaired) electrons. The molecule has 5 rings (SSSR count). The maximum absolute atomic E-state index is 11.5. The maximum atomic E-state index is 11.5. The summed E-state index contributed by atoms with van der Waals surface area (Å²) in [6.45, 7) is 6.57. The van der Waals surface area contributed by atoms with Crippen LogP contribution in [0, 0.1) is 5.92 Å². The molecular weight excluding hydrogens is 528 g/mol. The fraction of sp³-hybridized carbons (Fsp3) is 0.355. The lowest BCUT2D eigenvalue weighted by Crippen LogP contribution is -2.48. The molecule has 1 aliphatic heterocycles. The molecule has 0 bridgehead atoms. The van der Waals surface area contributed by atoms with Crippen LogP contribution in [-0.2, 0) is 24.1 Å². The predicted molar refractivity (Wildman–Crippen MR) is 153 cm³/mol. The first-order valence-electron chi connectivity index (χ1n) is 13.5. The Morgan fingerprint density at radius 3 is 2.50 bits per heavy atom. The molecule has 40 heavy (non-hydrogen) atoms. The van der Waals surface area contributed by atoms with Gasteiger partial charge in [-0.2, -0.15) is 4.98 Å². The lowest BCUT2D eigenvalue weighted by Gasteiger charge is -2.40. The van der Waals surface area contributed by atoms with E-state index in [1.807, 2.05) is 42.5 Å². The molecule has 3 heterocycles. The van der Waals surface area contributed by atoms with Crippen molar-refractivity contribution in [2.75, 3.05) is 13.1 Å². The molecule has 9 heteroatoms. The standard InChI is InChI=1S/C31H33ClN4O4/c1-21(2)16-25-9-10-26(17-27(25)32)29-34-28(35-40-29)24-7-5-22(6-8-24)20-36-14-11-31(12-15-36,39-30(37)38)18-23-4-3-13-33-19-23/h3-10,13,17,19,21H,11-12,14-16,18,20H2,1-2H3,(H,37,38). The Balaban J connectivity index is 1.20. The number of rotatable bonds is 9. The number of carboxylic acid groups (broad SMARTS) is 1. The minimum absolute atomic E-state index is 0.434. The van der Waals surface area contributed by atoms with Gasteiger partial charge in [0.25, 0.3) is 5.89 Å². The van der Waals surface area contributed by atoms with Gasteiger partial charge in [-0.1, -0.05) is 67.0 Å². The molecule has 1 N–H and O–H groups in total. The van der Waals surface area contributed by atoms with Gasteiger partial charge in [0, 0.05) is 67.4 Å². The van der Waals surface area contributed by atoms with E-state index >= 15 is 0 Å². The molecule has 8 nitrogen and oxygen atoms in total. The second-order valence-corrected chi connectivity index (χ2v) is 11.3. The molecule has 1 aliphatic rings. The van der Waals surface area contributed by atoms with Gasteiger partial charge in [0.2, 0.25) is 5.82 Å². The molecule has 0 saturated carbocycles. The largest absolute Gasteiger partial charge is 0.506 e. The predicted octanol–water partition coefficient (Wildman–Crippen LogP) is 6.92. The van der Waals surface area contributed by atoms with Crippen molar-refractivity contribution in [1.29, 1.82) is 0 Å². The zero-order valence-electron chi connectivity index (χ0n) is 22.7. The Kier molecular flexibility index (Phi) is 8.47. The maximum Gasteiger partial charge on any atom is 0.506 e. The molecule has 1 saturated heterocycles. The Bertz CT molecular complexity index is 1430. The van der Waals surface area contributed by atoms with Crippen molar-refractivity contribution in [2.24, 2.45) is 5.92 Å². The highest BCUT2D eigenvalue weighted by Gasteiger charge is 2.38. The first kappa shape index (κ1) is 27.8. The van der Waals surface area contributed by atoms with E-state index in [-0.39, 0.29) is 0 Å². The van der Waals surface area contributed by atoms with E-state index in [1.54, 1.807) is 12.4 Å². The fourth-order valence-corrected chi connectivity index (χ4v) is 5.51. The Labute approximate surface area is 239 Å². The number of hydrogen-bond donors (Lipinski definition) is 1. The summed E-state index contributed by atoms with van der Waals surface area (Å²) >= 11 is 6.49. The highest BCUT2D eigenvalue weighted by Crippen LogP contribution is 2.32. The van der Waals surface area contributed by atoms with E-state index in [4.69, 9.17) is 20.9 Å². The van der Waals surface area contributed by atoms with Crippen LogP contribution >= 0.6 is 11.6 Å². The molecule has 2 aromatic heterocycles. The van der Waals surface area contributed by atoms with Gasteiger partial charge < -0.3 is 14.4 Å². The number of likely N-dealkylation sites (tertiary alicyclic amines) is 1. The summed E-state index contributed by atoms with van der Waals surface area (Å²) in [5.41, 5.74) is 4.17. The Hall–Kier alpha value is -3.75. The van der Waals surface area contributed by atoms with Crippen molar-refractivity contribution < 1.29 is 19.2 Å². The van der Waals surface area contributed by atoms with Crippen molar-refractivity contribution in [3.63, 3.8) is 0 Å². The van der Waals surface area contributed by atoms with E-state index in [1.165, 1.54) is 0 Å². The summed E-state index contributed by atoms with van der Waals surface area (Å²) in [6.07, 6.45) is 4.94. The summed E-state index contributed by atoms with van der Waals surface area (Å²) in [7, 11) is 0. The van der Waals surface area contributed by atoms with E-state index in [0.717, 1.165) is 53.9 Å². The van der Waals surface area contributed by atoms with Crippen LogP contribution in [0.3, 0.4) is 0 Å². The van der Waals surface area contributed by atoms with Crippen molar-refractivity contribution >= 4 is 17.8 Å². The summed E-state index contributed by atoms with van der Waals surface area (Å²) in [6, 6.07) is 17.8. The van der Waals surface area contributed by atoms with Gasteiger partial charge in [-0.15, -0.1) is 0 Å². The number of piperidine rings is 1. The third kappa shape index (κ3) is 6.87. The summed E-state index contributed by atoms with van der Waals surface area (Å²) < 4.78 is 11.0. The second-order valence-electron chi connectivity index (χ2n) is 10.9. The molecule has 1 fully saturated rings. The average molecular weight is 561 g/mol. The third-order valence-corrected chi connectivity index (χ3v) is 7.64. The molecule has 0 unspecified atom stereocenters. The minimum Gasteiger partial charge on any atom is -0.450 e. The van der Waals surface area contributed by atoms with Gasteiger partial charge in [-0.05, 0) is 47.2 Å². The number of hydrogen-bond acceptors (Lipinski definition) is 7. The number of nitrogens with zero attached hydrogens (tertiary/aromatic N) is 4. The van der Waals surface area contributed by atoms with Gasteiger partial charge in [-0.3, -0.25) is 9.88 Å². The number of pyridine rings is 1.